The van der Waals surface area contributed by atoms with Gasteiger partial charge in [-0.15, -0.1) is 6.58 Å². The Morgan fingerprint density at radius 3 is 2.46 bits per heavy atom. The van der Waals surface area contributed by atoms with E-state index < -0.39 is 91.1 Å². The van der Waals surface area contributed by atoms with Crippen molar-refractivity contribution in [3.8, 4) is 0 Å². The first-order valence-electron chi connectivity index (χ1n) is 15.0. The number of hydrogen-bond donors (Lipinski definition) is 4. The van der Waals surface area contributed by atoms with Gasteiger partial charge in [0.1, 0.15) is 29.5 Å². The lowest BCUT2D eigenvalue weighted by molar-refractivity contribution is -0.141. The number of nitrogens with zero attached hydrogens (tertiary/aromatic N) is 2. The molecule has 1 unspecified atom stereocenters. The highest BCUT2D eigenvalue weighted by molar-refractivity contribution is 7.92. The number of halogens is 1. The molecule has 16 nitrogen and oxygen atoms in total. The van der Waals surface area contributed by atoms with Crippen molar-refractivity contribution in [3.05, 3.63) is 59.8 Å². The summed E-state index contributed by atoms with van der Waals surface area (Å²) in [5, 5.41) is 4.66. The summed E-state index contributed by atoms with van der Waals surface area (Å²) in [6.07, 6.45) is 0.142. The normalized spacial score (nSPS) is 25.3. The highest BCUT2D eigenvalue weighted by Gasteiger charge is 2.62. The fourth-order valence-corrected chi connectivity index (χ4v) is 7.76. The van der Waals surface area contributed by atoms with E-state index in [1.54, 1.807) is 6.07 Å². The standard InChI is InChI=1S/C29H35FN6O10S2/c1-3-18-11-29(18,27(40)34-48(44,45)20-8-9-20)33-25(38)24-10-19(46-28(41)35-13-17-6-5-7-22(30)21(17)15-35)14-36(24)26(39)23(31-16-37)12-32-47(42,43)4-2/h3-7,16,18-20,23-24,32H,1-2,8-15H2,(H,31,37)(H,33,38)(H,34,40)/t18-,19?,23+,24+,29-/m1/s1. The first-order valence-corrected chi connectivity index (χ1v) is 18.1. The second kappa shape index (κ2) is 13.3. The predicted molar refractivity (Wildman–Crippen MR) is 165 cm³/mol. The fraction of sp³-hybridized carbons (Fsp3) is 0.483. The van der Waals surface area contributed by atoms with E-state index in [1.165, 1.54) is 23.1 Å². The largest absolute Gasteiger partial charge is 0.444 e. The zero-order chi connectivity index (χ0) is 35.0. The van der Waals surface area contributed by atoms with Crippen molar-refractivity contribution >= 4 is 50.3 Å². The van der Waals surface area contributed by atoms with Crippen LogP contribution in [-0.2, 0) is 57.1 Å². The lowest BCUT2D eigenvalue weighted by Gasteiger charge is -2.29. The molecule has 5 rings (SSSR count). The van der Waals surface area contributed by atoms with Crippen molar-refractivity contribution in [1.82, 2.24) is 29.9 Å². The van der Waals surface area contributed by atoms with Gasteiger partial charge in [-0.1, -0.05) is 24.8 Å². The molecule has 4 aliphatic rings. The van der Waals surface area contributed by atoms with Gasteiger partial charge in [-0.05, 0) is 30.9 Å². The molecule has 3 fully saturated rings. The van der Waals surface area contributed by atoms with E-state index >= 15 is 0 Å². The molecule has 19 heteroatoms. The van der Waals surface area contributed by atoms with Gasteiger partial charge in [0.15, 0.2) is 0 Å². The van der Waals surface area contributed by atoms with Crippen molar-refractivity contribution < 1.29 is 49.9 Å². The van der Waals surface area contributed by atoms with E-state index in [9.17, 15) is 45.2 Å². The van der Waals surface area contributed by atoms with Gasteiger partial charge in [-0.3, -0.25) is 28.8 Å². The highest BCUT2D eigenvalue weighted by atomic mass is 32.2. The molecule has 2 saturated carbocycles. The molecular weight excluding hydrogens is 675 g/mol. The summed E-state index contributed by atoms with van der Waals surface area (Å²) in [5.74, 6) is -3.90. The first-order chi connectivity index (χ1) is 22.6. The lowest BCUT2D eigenvalue weighted by Crippen LogP contribution is -2.59. The number of carbonyl (C=O) groups is 5. The third-order valence-corrected chi connectivity index (χ3v) is 11.7. The molecular formula is C29H35FN6O10S2. The summed E-state index contributed by atoms with van der Waals surface area (Å²) < 4.78 is 72.9. The fourth-order valence-electron chi connectivity index (χ4n) is 5.88. The van der Waals surface area contributed by atoms with Gasteiger partial charge < -0.3 is 20.3 Å². The molecule has 4 N–H and O–H groups in total. The van der Waals surface area contributed by atoms with Crippen molar-refractivity contribution in [1.29, 1.82) is 0 Å². The molecule has 2 aliphatic heterocycles. The van der Waals surface area contributed by atoms with Crippen molar-refractivity contribution in [2.45, 2.75) is 67.7 Å². The van der Waals surface area contributed by atoms with Crippen LogP contribution in [0.5, 0.6) is 0 Å². The van der Waals surface area contributed by atoms with Gasteiger partial charge in [-0.2, -0.15) is 0 Å². The maximum Gasteiger partial charge on any atom is 0.410 e. The zero-order valence-corrected chi connectivity index (χ0v) is 27.2. The van der Waals surface area contributed by atoms with Crippen LogP contribution < -0.4 is 20.1 Å². The Morgan fingerprint density at radius 2 is 1.85 bits per heavy atom. The Kier molecular flexibility index (Phi) is 9.67. The lowest BCUT2D eigenvalue weighted by atomic mass is 10.1. The van der Waals surface area contributed by atoms with Gasteiger partial charge in [0.2, 0.25) is 38.3 Å². The van der Waals surface area contributed by atoms with E-state index in [1.807, 2.05) is 4.72 Å². The van der Waals surface area contributed by atoms with Gasteiger partial charge >= 0.3 is 6.09 Å². The summed E-state index contributed by atoms with van der Waals surface area (Å²) in [4.78, 5) is 67.5. The number of carbonyl (C=O) groups excluding carboxylic acids is 5. The van der Waals surface area contributed by atoms with Crippen LogP contribution in [0.2, 0.25) is 0 Å². The van der Waals surface area contributed by atoms with Crippen LogP contribution in [0.3, 0.4) is 0 Å². The minimum atomic E-state index is -4.03. The number of likely N-dealkylation sites (tertiary alicyclic amines) is 1. The molecule has 5 amide bonds. The van der Waals surface area contributed by atoms with Crippen LogP contribution in [0, 0.1) is 11.7 Å². The van der Waals surface area contributed by atoms with Crippen molar-refractivity contribution in [2.24, 2.45) is 5.92 Å². The maximum absolute atomic E-state index is 14.3. The van der Waals surface area contributed by atoms with E-state index in [-0.39, 0.29) is 38.9 Å². The highest BCUT2D eigenvalue weighted by Crippen LogP contribution is 2.45. The Balaban J connectivity index is 1.35. The molecule has 1 aromatic rings. The monoisotopic (exact) mass is 710 g/mol. The molecule has 0 radical (unpaired) electrons. The molecule has 48 heavy (non-hydrogen) atoms. The summed E-state index contributed by atoms with van der Waals surface area (Å²) in [6.45, 7) is 5.81. The SMILES string of the molecule is C=C[C@@H]1C[C@]1(NC(=O)[C@@H]1CC(OC(=O)N2Cc3cccc(F)c3C2)CN1C(=O)[C@H](CNS(=O)(=O)C=C)NC=O)C(=O)NS(=O)(=O)C1CC1. The minimum absolute atomic E-state index is 0.0259. The molecule has 0 aromatic heterocycles. The average Bonchev–Trinajstić information content (AvgIpc) is 3.93. The smallest absolute Gasteiger partial charge is 0.410 e. The van der Waals surface area contributed by atoms with Crippen LogP contribution in [0.1, 0.15) is 36.8 Å². The molecule has 260 valence electrons. The van der Waals surface area contributed by atoms with Gasteiger partial charge in [0.25, 0.3) is 5.91 Å². The maximum atomic E-state index is 14.3. The quantitative estimate of drug-likeness (QED) is 0.138. The minimum Gasteiger partial charge on any atom is -0.444 e. The van der Waals surface area contributed by atoms with Crippen LogP contribution in [0.25, 0.3) is 0 Å². The van der Waals surface area contributed by atoms with E-state index in [0.29, 0.717) is 29.4 Å². The average molecular weight is 711 g/mol. The molecule has 0 bridgehead atoms. The Labute approximate surface area is 276 Å². The van der Waals surface area contributed by atoms with E-state index in [0.717, 1.165) is 4.90 Å². The Morgan fingerprint density at radius 1 is 1.12 bits per heavy atom. The molecule has 2 heterocycles. The predicted octanol–water partition coefficient (Wildman–Crippen LogP) is -0.906. The van der Waals surface area contributed by atoms with Crippen molar-refractivity contribution in [3.63, 3.8) is 0 Å². The second-order valence-corrected chi connectivity index (χ2v) is 15.7. The third kappa shape index (κ3) is 7.21. The van der Waals surface area contributed by atoms with Crippen LogP contribution in [0.4, 0.5) is 9.18 Å². The summed E-state index contributed by atoms with van der Waals surface area (Å²) >= 11 is 0. The Hall–Kier alpha value is -4.36. The molecule has 2 aliphatic carbocycles. The Bertz CT molecular complexity index is 1770. The number of nitrogens with one attached hydrogen (secondary N) is 4. The zero-order valence-electron chi connectivity index (χ0n) is 25.6. The van der Waals surface area contributed by atoms with Crippen LogP contribution in [0.15, 0.2) is 42.8 Å². The van der Waals surface area contributed by atoms with E-state index in [2.05, 4.69) is 28.5 Å². The number of amides is 5. The molecule has 0 spiro atoms. The number of rotatable bonds is 14. The summed E-state index contributed by atoms with van der Waals surface area (Å²) in [5.41, 5.74) is -0.769. The van der Waals surface area contributed by atoms with Crippen LogP contribution >= 0.6 is 0 Å². The number of benzene rings is 1. The van der Waals surface area contributed by atoms with Gasteiger partial charge in [0, 0.05) is 36.4 Å². The summed E-state index contributed by atoms with van der Waals surface area (Å²) in [7, 11) is -8.00. The third-order valence-electron chi connectivity index (χ3n) is 8.82. The number of fused-ring (bicyclic) bond motifs is 1. The van der Waals surface area contributed by atoms with Crippen molar-refractivity contribution in [2.75, 3.05) is 13.1 Å². The van der Waals surface area contributed by atoms with Gasteiger partial charge in [-0.25, -0.2) is 30.7 Å². The number of hydrogen-bond acceptors (Lipinski definition) is 10. The van der Waals surface area contributed by atoms with Gasteiger partial charge in [0.05, 0.1) is 18.3 Å². The first kappa shape index (κ1) is 35.0. The topological polar surface area (TPSA) is 217 Å². The van der Waals surface area contributed by atoms with Crippen LogP contribution in [-0.4, -0.2) is 98.9 Å². The number of ether oxygens (including phenoxy) is 1. The number of sulfonamides is 2. The van der Waals surface area contributed by atoms with E-state index in [4.69, 9.17) is 4.74 Å². The second-order valence-electron chi connectivity index (χ2n) is 12.1. The summed E-state index contributed by atoms with van der Waals surface area (Å²) in [6, 6.07) is 1.52. The molecule has 5 atom stereocenters. The molecule has 1 aromatic carbocycles. The molecule has 1 saturated heterocycles.